The Kier molecular flexibility index (Phi) is 7.92. The third-order valence-corrected chi connectivity index (χ3v) is 5.93. The van der Waals surface area contributed by atoms with Crippen LogP contribution in [0.1, 0.15) is 31.4 Å². The normalized spacial score (nSPS) is 19.9. The van der Waals surface area contributed by atoms with Crippen molar-refractivity contribution in [3.8, 4) is 0 Å². The zero-order chi connectivity index (χ0) is 22.3. The molecule has 31 heavy (non-hydrogen) atoms. The molecule has 1 saturated heterocycles. The highest BCUT2D eigenvalue weighted by Gasteiger charge is 2.29. The lowest BCUT2D eigenvalue weighted by Crippen LogP contribution is -2.44. The molecule has 3 N–H and O–H groups in total. The number of aliphatic imine (C=N–C) groups is 1. The van der Waals surface area contributed by atoms with Gasteiger partial charge in [-0.3, -0.25) is 9.62 Å². The van der Waals surface area contributed by atoms with Crippen molar-refractivity contribution in [1.29, 1.82) is 0 Å². The average Bonchev–Trinajstić information content (AvgIpc) is 3.05. The van der Waals surface area contributed by atoms with Crippen LogP contribution in [-0.4, -0.2) is 50.7 Å². The van der Waals surface area contributed by atoms with Gasteiger partial charge >= 0.3 is 0 Å². The van der Waals surface area contributed by atoms with Crippen LogP contribution in [-0.2, 0) is 23.1 Å². The Morgan fingerprint density at radius 1 is 1.13 bits per heavy atom. The first-order valence-corrected chi connectivity index (χ1v) is 12.6. The molecule has 1 aliphatic rings. The minimum absolute atomic E-state index is 0.306. The first-order valence-electron chi connectivity index (χ1n) is 10.7. The van der Waals surface area contributed by atoms with Crippen molar-refractivity contribution in [3.05, 3.63) is 65.7 Å². The number of hydrogen-bond acceptors (Lipinski definition) is 4. The van der Waals surface area contributed by atoms with Crippen LogP contribution >= 0.6 is 0 Å². The number of anilines is 1. The van der Waals surface area contributed by atoms with E-state index in [0.29, 0.717) is 24.3 Å². The van der Waals surface area contributed by atoms with E-state index in [1.54, 1.807) is 6.07 Å². The number of nitrogens with zero attached hydrogens (tertiary/aromatic N) is 2. The van der Waals surface area contributed by atoms with Gasteiger partial charge < -0.3 is 10.6 Å². The van der Waals surface area contributed by atoms with Gasteiger partial charge in [0.05, 0.1) is 18.5 Å². The first kappa shape index (κ1) is 23.1. The molecule has 168 valence electrons. The number of hydrogen-bond donors (Lipinski definition) is 3. The van der Waals surface area contributed by atoms with E-state index in [4.69, 9.17) is 4.99 Å². The molecule has 2 atom stereocenters. The van der Waals surface area contributed by atoms with E-state index >= 15 is 0 Å². The molecule has 0 aromatic heterocycles. The second-order valence-electron chi connectivity index (χ2n) is 8.07. The standard InChI is InChI=1S/C23H33N5O2S/c1-4-24-23(25-15-20-12-8-9-13-22(20)27-31(3,29)30)26-21-14-18(2)28(17-21)16-19-10-6-5-7-11-19/h5-13,18,21,27H,4,14-17H2,1-3H3,(H2,24,25,26). The molecule has 0 amide bonds. The Labute approximate surface area is 186 Å². The van der Waals surface area contributed by atoms with Crippen LogP contribution in [0.5, 0.6) is 0 Å². The molecular weight excluding hydrogens is 410 g/mol. The average molecular weight is 444 g/mol. The van der Waals surface area contributed by atoms with Crippen molar-refractivity contribution >= 4 is 21.7 Å². The molecule has 0 bridgehead atoms. The molecule has 2 aromatic carbocycles. The van der Waals surface area contributed by atoms with Crippen molar-refractivity contribution in [1.82, 2.24) is 15.5 Å². The molecule has 1 fully saturated rings. The number of guanidine groups is 1. The summed E-state index contributed by atoms with van der Waals surface area (Å²) in [6.07, 6.45) is 2.20. The fourth-order valence-corrected chi connectivity index (χ4v) is 4.47. The molecule has 7 nitrogen and oxygen atoms in total. The molecule has 3 rings (SSSR count). The van der Waals surface area contributed by atoms with Gasteiger partial charge in [-0.15, -0.1) is 0 Å². The topological polar surface area (TPSA) is 85.8 Å². The van der Waals surface area contributed by atoms with Crippen molar-refractivity contribution in [3.63, 3.8) is 0 Å². The fraction of sp³-hybridized carbons (Fsp3) is 0.435. The van der Waals surface area contributed by atoms with Gasteiger partial charge in [0, 0.05) is 31.7 Å². The maximum atomic E-state index is 11.6. The van der Waals surface area contributed by atoms with Crippen LogP contribution in [0.4, 0.5) is 5.69 Å². The smallest absolute Gasteiger partial charge is 0.229 e. The van der Waals surface area contributed by atoms with Crippen LogP contribution < -0.4 is 15.4 Å². The predicted octanol–water partition coefficient (Wildman–Crippen LogP) is 2.78. The molecule has 2 aromatic rings. The third kappa shape index (κ3) is 7.25. The van der Waals surface area contributed by atoms with E-state index in [1.165, 1.54) is 5.56 Å². The molecule has 0 saturated carbocycles. The van der Waals surface area contributed by atoms with Crippen LogP contribution in [0, 0.1) is 0 Å². The van der Waals surface area contributed by atoms with Crippen LogP contribution in [0.25, 0.3) is 0 Å². The summed E-state index contributed by atoms with van der Waals surface area (Å²) in [5.41, 5.74) is 2.72. The quantitative estimate of drug-likeness (QED) is 0.432. The third-order valence-electron chi connectivity index (χ3n) is 5.34. The van der Waals surface area contributed by atoms with Gasteiger partial charge in [0.25, 0.3) is 0 Å². The zero-order valence-corrected chi connectivity index (χ0v) is 19.3. The zero-order valence-electron chi connectivity index (χ0n) is 18.5. The Bertz CT molecular complexity index is 978. The summed E-state index contributed by atoms with van der Waals surface area (Å²) in [6, 6.07) is 18.7. The van der Waals surface area contributed by atoms with Gasteiger partial charge in [-0.05, 0) is 37.5 Å². The molecule has 0 radical (unpaired) electrons. The molecule has 1 heterocycles. The Morgan fingerprint density at radius 3 is 2.55 bits per heavy atom. The summed E-state index contributed by atoms with van der Waals surface area (Å²) < 4.78 is 25.8. The minimum atomic E-state index is -3.34. The number of nitrogens with one attached hydrogen (secondary N) is 3. The fourth-order valence-electron chi connectivity index (χ4n) is 3.88. The van der Waals surface area contributed by atoms with Gasteiger partial charge in [0.2, 0.25) is 10.0 Å². The Balaban J connectivity index is 1.64. The van der Waals surface area contributed by atoms with Gasteiger partial charge in [0.15, 0.2) is 5.96 Å². The van der Waals surface area contributed by atoms with Crippen molar-refractivity contribution in [2.75, 3.05) is 24.1 Å². The number of rotatable bonds is 8. The van der Waals surface area contributed by atoms with Crippen molar-refractivity contribution in [2.45, 2.75) is 45.4 Å². The summed E-state index contributed by atoms with van der Waals surface area (Å²) in [5.74, 6) is 0.746. The summed E-state index contributed by atoms with van der Waals surface area (Å²) in [6.45, 7) is 7.33. The van der Waals surface area contributed by atoms with Gasteiger partial charge in [-0.2, -0.15) is 0 Å². The molecule has 0 spiro atoms. The number of benzene rings is 2. The highest BCUT2D eigenvalue weighted by atomic mass is 32.2. The number of sulfonamides is 1. The largest absolute Gasteiger partial charge is 0.357 e. The van der Waals surface area contributed by atoms with Gasteiger partial charge in [-0.25, -0.2) is 13.4 Å². The highest BCUT2D eigenvalue weighted by Crippen LogP contribution is 2.21. The van der Waals surface area contributed by atoms with Gasteiger partial charge in [-0.1, -0.05) is 48.5 Å². The van der Waals surface area contributed by atoms with E-state index in [-0.39, 0.29) is 0 Å². The summed E-state index contributed by atoms with van der Waals surface area (Å²) in [7, 11) is -3.34. The molecule has 8 heteroatoms. The SMILES string of the molecule is CCNC(=NCc1ccccc1NS(C)(=O)=O)NC1CC(C)N(Cc2ccccc2)C1. The van der Waals surface area contributed by atoms with Gasteiger partial charge in [0.1, 0.15) is 0 Å². The second-order valence-corrected chi connectivity index (χ2v) is 9.82. The predicted molar refractivity (Wildman–Crippen MR) is 128 cm³/mol. The highest BCUT2D eigenvalue weighted by molar-refractivity contribution is 7.92. The monoisotopic (exact) mass is 443 g/mol. The lowest BCUT2D eigenvalue weighted by atomic mass is 10.2. The molecular formula is C23H33N5O2S. The van der Waals surface area contributed by atoms with Crippen molar-refractivity contribution in [2.24, 2.45) is 4.99 Å². The number of likely N-dealkylation sites (tertiary alicyclic amines) is 1. The van der Waals surface area contributed by atoms with E-state index in [9.17, 15) is 8.42 Å². The lowest BCUT2D eigenvalue weighted by Gasteiger charge is -2.21. The van der Waals surface area contributed by atoms with E-state index < -0.39 is 10.0 Å². The maximum absolute atomic E-state index is 11.6. The number of para-hydroxylation sites is 1. The van der Waals surface area contributed by atoms with Crippen molar-refractivity contribution < 1.29 is 8.42 Å². The van der Waals surface area contributed by atoms with Crippen LogP contribution in [0.15, 0.2) is 59.6 Å². The van der Waals surface area contributed by atoms with Crippen LogP contribution in [0.3, 0.4) is 0 Å². The molecule has 0 aliphatic carbocycles. The second kappa shape index (κ2) is 10.6. The Hall–Kier alpha value is -2.58. The van der Waals surface area contributed by atoms with E-state index in [2.05, 4.69) is 51.4 Å². The summed E-state index contributed by atoms with van der Waals surface area (Å²) in [5, 5.41) is 6.87. The molecule has 1 aliphatic heterocycles. The summed E-state index contributed by atoms with van der Waals surface area (Å²) in [4.78, 5) is 7.20. The first-order chi connectivity index (χ1) is 14.8. The lowest BCUT2D eigenvalue weighted by molar-refractivity contribution is 0.258. The maximum Gasteiger partial charge on any atom is 0.229 e. The van der Waals surface area contributed by atoms with E-state index in [1.807, 2.05) is 31.2 Å². The van der Waals surface area contributed by atoms with Crippen LogP contribution in [0.2, 0.25) is 0 Å². The Morgan fingerprint density at radius 2 is 1.84 bits per heavy atom. The van der Waals surface area contributed by atoms with E-state index in [0.717, 1.165) is 43.8 Å². The summed E-state index contributed by atoms with van der Waals surface area (Å²) >= 11 is 0. The molecule has 2 unspecified atom stereocenters. The minimum Gasteiger partial charge on any atom is -0.357 e.